The number of oxime groups is 1. The van der Waals surface area contributed by atoms with Crippen LogP contribution in [0.3, 0.4) is 0 Å². The molecule has 0 aromatic heterocycles. The number of benzene rings is 1. The third-order valence-corrected chi connectivity index (χ3v) is 3.39. The predicted molar refractivity (Wildman–Crippen MR) is 61.3 cm³/mol. The van der Waals surface area contributed by atoms with Gasteiger partial charge in [0, 0.05) is 5.92 Å². The van der Waals surface area contributed by atoms with Crippen molar-refractivity contribution in [1.82, 2.24) is 0 Å². The van der Waals surface area contributed by atoms with Crippen molar-refractivity contribution < 1.29 is 5.21 Å². The summed E-state index contributed by atoms with van der Waals surface area (Å²) in [5, 5.41) is 12.7. The van der Waals surface area contributed by atoms with Gasteiger partial charge >= 0.3 is 0 Å². The highest BCUT2D eigenvalue weighted by atomic mass is 16.4. The summed E-state index contributed by atoms with van der Waals surface area (Å²) in [6.07, 6.45) is 3.64. The topological polar surface area (TPSA) is 32.6 Å². The normalized spacial score (nSPS) is 26.9. The maximum absolute atomic E-state index is 9.15. The van der Waals surface area contributed by atoms with E-state index >= 15 is 0 Å². The molecular weight excluding hydrogens is 186 g/mol. The lowest BCUT2D eigenvalue weighted by atomic mass is 9.89. The monoisotopic (exact) mass is 203 g/mol. The SMILES string of the molecule is C[C@@H]1CCC[C@@H]1/C(=N\O)c1ccccc1. The average Bonchev–Trinajstić information content (AvgIpc) is 2.68. The first-order valence-corrected chi connectivity index (χ1v) is 5.60. The van der Waals surface area contributed by atoms with Gasteiger partial charge in [-0.3, -0.25) is 0 Å². The molecule has 0 aliphatic heterocycles. The highest BCUT2D eigenvalue weighted by Crippen LogP contribution is 2.34. The number of hydrogen-bond donors (Lipinski definition) is 1. The summed E-state index contributed by atoms with van der Waals surface area (Å²) >= 11 is 0. The Morgan fingerprint density at radius 1 is 1.27 bits per heavy atom. The smallest absolute Gasteiger partial charge is 0.0901 e. The van der Waals surface area contributed by atoms with Crippen LogP contribution in [0.5, 0.6) is 0 Å². The Hall–Kier alpha value is -1.31. The first kappa shape index (κ1) is 10.2. The van der Waals surface area contributed by atoms with Crippen LogP contribution < -0.4 is 0 Å². The molecule has 1 aromatic rings. The molecule has 0 unspecified atom stereocenters. The van der Waals surface area contributed by atoms with Gasteiger partial charge in [-0.25, -0.2) is 0 Å². The first-order valence-electron chi connectivity index (χ1n) is 5.60. The molecule has 1 aliphatic carbocycles. The lowest BCUT2D eigenvalue weighted by Crippen LogP contribution is -2.18. The fourth-order valence-corrected chi connectivity index (χ4v) is 2.51. The van der Waals surface area contributed by atoms with Crippen molar-refractivity contribution in [2.45, 2.75) is 26.2 Å². The molecule has 0 radical (unpaired) electrons. The standard InChI is InChI=1S/C13H17NO/c1-10-6-5-9-12(10)13(14-15)11-7-3-2-4-8-11/h2-4,7-8,10,12,15H,5-6,9H2,1H3/b14-13-/t10-,12+/m1/s1. The van der Waals surface area contributed by atoms with Gasteiger partial charge in [0.15, 0.2) is 0 Å². The summed E-state index contributed by atoms with van der Waals surface area (Å²) in [5.41, 5.74) is 1.92. The second-order valence-corrected chi connectivity index (χ2v) is 4.37. The number of hydrogen-bond acceptors (Lipinski definition) is 2. The van der Waals surface area contributed by atoms with Gasteiger partial charge in [0.05, 0.1) is 5.71 Å². The molecule has 1 fully saturated rings. The maximum atomic E-state index is 9.15. The zero-order valence-electron chi connectivity index (χ0n) is 9.06. The van der Waals surface area contributed by atoms with Crippen molar-refractivity contribution in [3.05, 3.63) is 35.9 Å². The van der Waals surface area contributed by atoms with Crippen molar-refractivity contribution >= 4 is 5.71 Å². The van der Waals surface area contributed by atoms with Crippen LogP contribution in [0.15, 0.2) is 35.5 Å². The Bertz CT molecular complexity index is 345. The predicted octanol–water partition coefficient (Wildman–Crippen LogP) is 3.30. The molecule has 0 amide bonds. The van der Waals surface area contributed by atoms with E-state index in [9.17, 15) is 0 Å². The molecule has 2 rings (SSSR count). The molecule has 1 aromatic carbocycles. The molecule has 0 spiro atoms. The summed E-state index contributed by atoms with van der Waals surface area (Å²) in [4.78, 5) is 0. The Morgan fingerprint density at radius 2 is 2.00 bits per heavy atom. The zero-order valence-corrected chi connectivity index (χ0v) is 9.06. The zero-order chi connectivity index (χ0) is 10.7. The fourth-order valence-electron chi connectivity index (χ4n) is 2.51. The third-order valence-electron chi connectivity index (χ3n) is 3.39. The van der Waals surface area contributed by atoms with Gasteiger partial charge in [-0.1, -0.05) is 55.3 Å². The van der Waals surface area contributed by atoms with Gasteiger partial charge in [-0.15, -0.1) is 0 Å². The third kappa shape index (κ3) is 2.04. The van der Waals surface area contributed by atoms with Crippen LogP contribution in [-0.2, 0) is 0 Å². The van der Waals surface area contributed by atoms with E-state index < -0.39 is 0 Å². The van der Waals surface area contributed by atoms with Crippen LogP contribution >= 0.6 is 0 Å². The highest BCUT2D eigenvalue weighted by Gasteiger charge is 2.28. The molecule has 1 saturated carbocycles. The van der Waals surface area contributed by atoms with Crippen molar-refractivity contribution in [3.8, 4) is 0 Å². The van der Waals surface area contributed by atoms with E-state index in [2.05, 4.69) is 12.1 Å². The summed E-state index contributed by atoms with van der Waals surface area (Å²) in [7, 11) is 0. The fraction of sp³-hybridized carbons (Fsp3) is 0.462. The molecular formula is C13H17NO. The van der Waals surface area contributed by atoms with Gasteiger partial charge < -0.3 is 5.21 Å². The minimum Gasteiger partial charge on any atom is -0.411 e. The molecule has 0 bridgehead atoms. The van der Waals surface area contributed by atoms with Gasteiger partial charge in [0.2, 0.25) is 0 Å². The van der Waals surface area contributed by atoms with Gasteiger partial charge in [-0.2, -0.15) is 0 Å². The maximum Gasteiger partial charge on any atom is 0.0901 e. The summed E-state index contributed by atoms with van der Waals surface area (Å²) in [6.45, 7) is 2.24. The molecule has 2 heteroatoms. The van der Waals surface area contributed by atoms with Gasteiger partial charge in [0.1, 0.15) is 0 Å². The van der Waals surface area contributed by atoms with Crippen LogP contribution in [0.2, 0.25) is 0 Å². The minimum atomic E-state index is 0.428. The molecule has 1 aliphatic rings. The Kier molecular flexibility index (Phi) is 3.05. The van der Waals surface area contributed by atoms with Crippen LogP contribution in [0.4, 0.5) is 0 Å². The molecule has 2 atom stereocenters. The summed E-state index contributed by atoms with van der Waals surface area (Å²) in [5.74, 6) is 1.06. The molecule has 0 saturated heterocycles. The number of nitrogens with zero attached hydrogens (tertiary/aromatic N) is 1. The van der Waals surface area contributed by atoms with E-state index in [4.69, 9.17) is 5.21 Å². The molecule has 80 valence electrons. The van der Waals surface area contributed by atoms with E-state index in [1.165, 1.54) is 12.8 Å². The van der Waals surface area contributed by atoms with Crippen LogP contribution in [0.25, 0.3) is 0 Å². The largest absolute Gasteiger partial charge is 0.411 e. The molecule has 0 heterocycles. The first-order chi connectivity index (χ1) is 7.33. The van der Waals surface area contributed by atoms with E-state index in [0.29, 0.717) is 11.8 Å². The quantitative estimate of drug-likeness (QED) is 0.446. The van der Waals surface area contributed by atoms with Gasteiger partial charge in [0.25, 0.3) is 0 Å². The van der Waals surface area contributed by atoms with E-state index in [-0.39, 0.29) is 0 Å². The Labute approximate surface area is 90.6 Å². The average molecular weight is 203 g/mol. The molecule has 1 N–H and O–H groups in total. The lowest BCUT2D eigenvalue weighted by Gasteiger charge is -2.16. The van der Waals surface area contributed by atoms with E-state index in [1.807, 2.05) is 30.3 Å². The lowest BCUT2D eigenvalue weighted by molar-refractivity contribution is 0.313. The van der Waals surface area contributed by atoms with Crippen LogP contribution in [0, 0.1) is 11.8 Å². The van der Waals surface area contributed by atoms with E-state index in [1.54, 1.807) is 0 Å². The summed E-state index contributed by atoms with van der Waals surface area (Å²) < 4.78 is 0. The summed E-state index contributed by atoms with van der Waals surface area (Å²) in [6, 6.07) is 9.98. The van der Waals surface area contributed by atoms with Crippen molar-refractivity contribution in [2.24, 2.45) is 17.0 Å². The second-order valence-electron chi connectivity index (χ2n) is 4.37. The Balaban J connectivity index is 2.26. The highest BCUT2D eigenvalue weighted by molar-refractivity contribution is 6.02. The molecule has 15 heavy (non-hydrogen) atoms. The molecule has 2 nitrogen and oxygen atoms in total. The van der Waals surface area contributed by atoms with Gasteiger partial charge in [-0.05, 0) is 17.9 Å². The van der Waals surface area contributed by atoms with Crippen molar-refractivity contribution in [1.29, 1.82) is 0 Å². The van der Waals surface area contributed by atoms with Crippen LogP contribution in [0.1, 0.15) is 31.7 Å². The Morgan fingerprint density at radius 3 is 2.53 bits per heavy atom. The second kappa shape index (κ2) is 4.47. The van der Waals surface area contributed by atoms with Crippen LogP contribution in [-0.4, -0.2) is 10.9 Å². The number of rotatable bonds is 2. The van der Waals surface area contributed by atoms with E-state index in [0.717, 1.165) is 17.7 Å². The minimum absolute atomic E-state index is 0.428. The van der Waals surface area contributed by atoms with Crippen molar-refractivity contribution in [3.63, 3.8) is 0 Å². The van der Waals surface area contributed by atoms with Crippen molar-refractivity contribution in [2.75, 3.05) is 0 Å².